The average Bonchev–Trinajstić information content (AvgIpc) is 3.55. The molecule has 1 fully saturated rings. The van der Waals surface area contributed by atoms with Crippen molar-refractivity contribution in [2.75, 3.05) is 18.1 Å². The molecule has 0 N–H and O–H groups in total. The van der Waals surface area contributed by atoms with Gasteiger partial charge in [0.2, 0.25) is 5.91 Å². The van der Waals surface area contributed by atoms with E-state index in [1.165, 1.54) is 18.2 Å². The molecular formula is C31H30FN3O4S. The van der Waals surface area contributed by atoms with E-state index in [0.29, 0.717) is 29.8 Å². The number of hydrogen-bond acceptors (Lipinski definition) is 5. The van der Waals surface area contributed by atoms with Crippen LogP contribution >= 0.6 is 0 Å². The third-order valence-electron chi connectivity index (χ3n) is 6.81. The Morgan fingerprint density at radius 2 is 1.80 bits per heavy atom. The first kappa shape index (κ1) is 27.3. The Morgan fingerprint density at radius 3 is 2.45 bits per heavy atom. The van der Waals surface area contributed by atoms with Gasteiger partial charge in [-0.25, -0.2) is 17.5 Å². The van der Waals surface area contributed by atoms with Crippen LogP contribution in [0.25, 0.3) is 23.0 Å². The van der Waals surface area contributed by atoms with E-state index in [1.807, 2.05) is 67.7 Å². The fraction of sp³-hybridized carbons (Fsp3) is 0.226. The van der Waals surface area contributed by atoms with E-state index >= 15 is 0 Å². The first-order chi connectivity index (χ1) is 19.3. The Bertz CT molecular complexity index is 1600. The Hall–Kier alpha value is -4.24. The molecule has 1 atom stereocenters. The van der Waals surface area contributed by atoms with Crippen molar-refractivity contribution in [3.8, 4) is 22.7 Å². The summed E-state index contributed by atoms with van der Waals surface area (Å²) in [5.41, 5.74) is 3.68. The van der Waals surface area contributed by atoms with Gasteiger partial charge in [-0.15, -0.1) is 0 Å². The number of aromatic nitrogens is 2. The Balaban J connectivity index is 1.45. The van der Waals surface area contributed by atoms with E-state index in [2.05, 4.69) is 0 Å². The molecule has 40 heavy (non-hydrogen) atoms. The maximum absolute atomic E-state index is 13.6. The lowest BCUT2D eigenvalue weighted by atomic mass is 10.1. The van der Waals surface area contributed by atoms with Crippen molar-refractivity contribution in [3.05, 3.63) is 108 Å². The van der Waals surface area contributed by atoms with Crippen LogP contribution in [0.2, 0.25) is 0 Å². The summed E-state index contributed by atoms with van der Waals surface area (Å²) in [7, 11) is -3.20. The van der Waals surface area contributed by atoms with Crippen molar-refractivity contribution >= 4 is 21.8 Å². The number of nitrogens with zero attached hydrogens (tertiary/aromatic N) is 3. The molecule has 1 unspecified atom stereocenters. The molecule has 7 nitrogen and oxygen atoms in total. The average molecular weight is 560 g/mol. The normalized spacial score (nSPS) is 16.3. The van der Waals surface area contributed by atoms with Crippen LogP contribution < -0.4 is 4.74 Å². The van der Waals surface area contributed by atoms with Gasteiger partial charge in [-0.2, -0.15) is 5.10 Å². The number of ether oxygens (including phenoxy) is 1. The molecule has 1 saturated heterocycles. The van der Waals surface area contributed by atoms with Gasteiger partial charge < -0.3 is 9.64 Å². The quantitative estimate of drug-likeness (QED) is 0.260. The monoisotopic (exact) mass is 559 g/mol. The highest BCUT2D eigenvalue weighted by atomic mass is 32.2. The third-order valence-corrected chi connectivity index (χ3v) is 8.56. The summed E-state index contributed by atoms with van der Waals surface area (Å²) in [4.78, 5) is 15.2. The number of halogens is 1. The molecule has 1 aliphatic heterocycles. The van der Waals surface area contributed by atoms with E-state index in [-0.39, 0.29) is 29.8 Å². The van der Waals surface area contributed by atoms with Gasteiger partial charge in [0.1, 0.15) is 11.6 Å². The minimum Gasteiger partial charge on any atom is -0.494 e. The molecule has 1 amide bonds. The van der Waals surface area contributed by atoms with Gasteiger partial charge in [-0.1, -0.05) is 30.3 Å². The number of benzene rings is 3. The Kier molecular flexibility index (Phi) is 8.11. The SMILES string of the molecule is CCOc1ccc(CN(C(=O)/C=C/c2cn(-c3ccccc3)nc2-c2ccc(F)cc2)C2CCS(=O)(=O)C2)cc1. The van der Waals surface area contributed by atoms with E-state index < -0.39 is 15.9 Å². The summed E-state index contributed by atoms with van der Waals surface area (Å²) >= 11 is 0. The smallest absolute Gasteiger partial charge is 0.247 e. The number of sulfone groups is 1. The van der Waals surface area contributed by atoms with E-state index in [9.17, 15) is 17.6 Å². The van der Waals surface area contributed by atoms with Gasteiger partial charge in [0.05, 0.1) is 29.5 Å². The second-order valence-electron chi connectivity index (χ2n) is 9.65. The van der Waals surface area contributed by atoms with Crippen LogP contribution in [0.1, 0.15) is 24.5 Å². The fourth-order valence-corrected chi connectivity index (χ4v) is 6.50. The lowest BCUT2D eigenvalue weighted by molar-refractivity contribution is -0.128. The topological polar surface area (TPSA) is 81.5 Å². The van der Waals surface area contributed by atoms with Gasteiger partial charge in [-0.3, -0.25) is 4.79 Å². The molecule has 4 aromatic rings. The summed E-state index contributed by atoms with van der Waals surface area (Å²) in [5, 5.41) is 4.72. The summed E-state index contributed by atoms with van der Waals surface area (Å²) < 4.78 is 45.4. The van der Waals surface area contributed by atoms with Gasteiger partial charge in [-0.05, 0) is 73.5 Å². The van der Waals surface area contributed by atoms with Crippen LogP contribution in [0.3, 0.4) is 0 Å². The van der Waals surface area contributed by atoms with Crippen molar-refractivity contribution in [1.29, 1.82) is 0 Å². The van der Waals surface area contributed by atoms with Crippen LogP contribution in [-0.2, 0) is 21.2 Å². The molecule has 0 saturated carbocycles. The second kappa shape index (κ2) is 11.9. The molecule has 0 spiro atoms. The molecule has 9 heteroatoms. The second-order valence-corrected chi connectivity index (χ2v) is 11.9. The first-order valence-electron chi connectivity index (χ1n) is 13.1. The molecule has 206 valence electrons. The molecule has 5 rings (SSSR count). The van der Waals surface area contributed by atoms with E-state index in [0.717, 1.165) is 17.0 Å². The predicted molar refractivity (Wildman–Crippen MR) is 153 cm³/mol. The molecule has 0 bridgehead atoms. The van der Waals surface area contributed by atoms with E-state index in [4.69, 9.17) is 9.84 Å². The molecule has 3 aromatic carbocycles. The summed E-state index contributed by atoms with van der Waals surface area (Å²) in [6, 6.07) is 22.6. The molecule has 2 heterocycles. The summed E-state index contributed by atoms with van der Waals surface area (Å²) in [6.07, 6.45) is 5.35. The Labute approximate surface area is 233 Å². The summed E-state index contributed by atoms with van der Waals surface area (Å²) in [5.74, 6) is 0.0864. The van der Waals surface area contributed by atoms with Crippen LogP contribution in [0.5, 0.6) is 5.75 Å². The van der Waals surface area contributed by atoms with Gasteiger partial charge in [0.25, 0.3) is 0 Å². The Morgan fingerprint density at radius 1 is 1.07 bits per heavy atom. The highest BCUT2D eigenvalue weighted by Gasteiger charge is 2.34. The summed E-state index contributed by atoms with van der Waals surface area (Å²) in [6.45, 7) is 2.73. The van der Waals surface area contributed by atoms with Crippen molar-refractivity contribution in [1.82, 2.24) is 14.7 Å². The predicted octanol–water partition coefficient (Wildman–Crippen LogP) is 5.31. The fourth-order valence-electron chi connectivity index (χ4n) is 4.77. The van der Waals surface area contributed by atoms with Crippen LogP contribution in [0.4, 0.5) is 4.39 Å². The number of para-hydroxylation sites is 1. The van der Waals surface area contributed by atoms with Gasteiger partial charge >= 0.3 is 0 Å². The maximum Gasteiger partial charge on any atom is 0.247 e. The van der Waals surface area contributed by atoms with Gasteiger partial charge in [0, 0.05) is 36.0 Å². The number of hydrogen-bond donors (Lipinski definition) is 0. The minimum absolute atomic E-state index is 0.0591. The molecular weight excluding hydrogens is 529 g/mol. The first-order valence-corrected chi connectivity index (χ1v) is 15.0. The molecule has 0 aliphatic carbocycles. The number of carbonyl (C=O) groups excluding carboxylic acids is 1. The lowest BCUT2D eigenvalue weighted by Crippen LogP contribution is -2.39. The zero-order valence-corrected chi connectivity index (χ0v) is 22.9. The number of rotatable bonds is 9. The standard InChI is InChI=1S/C31H30FN3O4S/c1-2-39-29-15-8-23(9-16-29)20-34(28-18-19-40(37,38)22-28)30(36)17-12-25-21-35(27-6-4-3-5-7-27)33-31(25)24-10-13-26(32)14-11-24/h3-17,21,28H,2,18-20,22H2,1H3/b17-12+. The van der Waals surface area contributed by atoms with Crippen LogP contribution in [-0.4, -0.2) is 53.2 Å². The van der Waals surface area contributed by atoms with Crippen LogP contribution in [0.15, 0.2) is 91.1 Å². The van der Waals surface area contributed by atoms with Crippen molar-refractivity contribution in [2.45, 2.75) is 25.9 Å². The third kappa shape index (κ3) is 6.48. The van der Waals surface area contributed by atoms with Crippen molar-refractivity contribution < 1.29 is 22.3 Å². The zero-order valence-electron chi connectivity index (χ0n) is 22.1. The molecule has 0 radical (unpaired) electrons. The highest BCUT2D eigenvalue weighted by molar-refractivity contribution is 7.91. The maximum atomic E-state index is 13.6. The molecule has 1 aromatic heterocycles. The minimum atomic E-state index is -3.20. The zero-order chi connectivity index (χ0) is 28.1. The highest BCUT2D eigenvalue weighted by Crippen LogP contribution is 2.26. The number of amides is 1. The van der Waals surface area contributed by atoms with E-state index in [1.54, 1.807) is 27.8 Å². The van der Waals surface area contributed by atoms with Crippen LogP contribution in [0, 0.1) is 5.82 Å². The molecule has 1 aliphatic rings. The van der Waals surface area contributed by atoms with Gasteiger partial charge in [0.15, 0.2) is 9.84 Å². The lowest BCUT2D eigenvalue weighted by Gasteiger charge is -2.27. The number of carbonyl (C=O) groups is 1. The van der Waals surface area contributed by atoms with Crippen molar-refractivity contribution in [2.24, 2.45) is 0 Å². The largest absolute Gasteiger partial charge is 0.494 e. The van der Waals surface area contributed by atoms with Crippen molar-refractivity contribution in [3.63, 3.8) is 0 Å².